The molecule has 0 aromatic carbocycles. The molecule has 1 N–H and O–H groups in total. The smallest absolute Gasteiger partial charge is 0.309 e. The normalized spacial score (nSPS) is 48.2. The van der Waals surface area contributed by atoms with Crippen LogP contribution in [0.1, 0.15) is 112 Å². The highest BCUT2D eigenvalue weighted by Gasteiger charge is 2.72. The predicted molar refractivity (Wildman–Crippen MR) is 153 cm³/mol. The van der Waals surface area contributed by atoms with Gasteiger partial charge in [0.2, 0.25) is 0 Å². The predicted octanol–water partition coefficient (Wildman–Crippen LogP) is 7.68. The molecule has 10 atom stereocenters. The lowest BCUT2D eigenvalue weighted by Gasteiger charge is -2.72. The van der Waals surface area contributed by atoms with Crippen LogP contribution in [0.5, 0.6) is 0 Å². The molecular weight excluding hydrogens is 488 g/mol. The third-order valence-electron chi connectivity index (χ3n) is 14.2. The van der Waals surface area contributed by atoms with Gasteiger partial charge in [0.05, 0.1) is 18.4 Å². The van der Waals surface area contributed by atoms with Crippen molar-refractivity contribution in [3.05, 3.63) is 12.2 Å². The quantitative estimate of drug-likeness (QED) is 0.275. The number of methoxy groups -OCH3 is 1. The molecule has 0 amide bonds. The van der Waals surface area contributed by atoms with Gasteiger partial charge in [0.25, 0.3) is 0 Å². The van der Waals surface area contributed by atoms with Gasteiger partial charge in [-0.15, -0.1) is 0 Å². The first-order valence-electron chi connectivity index (χ1n) is 15.8. The molecule has 5 saturated carbocycles. The molecule has 0 saturated heterocycles. The number of carbonyl (C=O) groups excluding carboxylic acids is 1. The molecule has 5 heteroatoms. The van der Waals surface area contributed by atoms with Crippen LogP contribution in [0.25, 0.3) is 0 Å². The topological polar surface area (TPSA) is 72.8 Å². The average Bonchev–Trinajstić information content (AvgIpc) is 3.26. The van der Waals surface area contributed by atoms with Crippen LogP contribution in [-0.4, -0.2) is 36.9 Å². The van der Waals surface area contributed by atoms with Crippen LogP contribution in [0.3, 0.4) is 0 Å². The summed E-state index contributed by atoms with van der Waals surface area (Å²) >= 11 is 0. The Morgan fingerprint density at radius 3 is 2.23 bits per heavy atom. The average molecular weight is 543 g/mol. The van der Waals surface area contributed by atoms with Crippen molar-refractivity contribution in [1.82, 2.24) is 0 Å². The SMILES string of the molecule is C=C(C)C1CC[C@]2(C(=O)O)CC[C@]3(C)[C@H](CCC4[C@@]5(C)CC[C@H](OC(=O)CCOC)C(C)(C)C5CC[C@]43C)C12. The highest BCUT2D eigenvalue weighted by molar-refractivity contribution is 5.76. The van der Waals surface area contributed by atoms with E-state index >= 15 is 0 Å². The summed E-state index contributed by atoms with van der Waals surface area (Å²) in [6.45, 7) is 19.3. The molecule has 0 aromatic heterocycles. The van der Waals surface area contributed by atoms with E-state index in [9.17, 15) is 14.7 Å². The lowest BCUT2D eigenvalue weighted by Crippen LogP contribution is -2.67. The second kappa shape index (κ2) is 9.60. The van der Waals surface area contributed by atoms with Gasteiger partial charge >= 0.3 is 11.9 Å². The molecule has 0 aromatic rings. The van der Waals surface area contributed by atoms with Crippen LogP contribution >= 0.6 is 0 Å². The molecule has 0 radical (unpaired) electrons. The number of rotatable bonds is 6. The number of fused-ring (bicyclic) bond motifs is 7. The number of carboxylic acids is 1. The third kappa shape index (κ3) is 3.94. The van der Waals surface area contributed by atoms with Crippen molar-refractivity contribution < 1.29 is 24.2 Å². The Kier molecular flexibility index (Phi) is 7.17. The summed E-state index contributed by atoms with van der Waals surface area (Å²) in [5.41, 5.74) is 1.08. The maximum Gasteiger partial charge on any atom is 0.309 e. The van der Waals surface area contributed by atoms with Crippen molar-refractivity contribution in [3.63, 3.8) is 0 Å². The molecule has 0 spiro atoms. The van der Waals surface area contributed by atoms with Gasteiger partial charge in [-0.2, -0.15) is 0 Å². The van der Waals surface area contributed by atoms with Gasteiger partial charge in [-0.3, -0.25) is 9.59 Å². The summed E-state index contributed by atoms with van der Waals surface area (Å²) < 4.78 is 11.2. The van der Waals surface area contributed by atoms with E-state index in [0.29, 0.717) is 36.7 Å². The highest BCUT2D eigenvalue weighted by Crippen LogP contribution is 2.77. The standard InChI is InChI=1S/C34H54O5/c1-21(2)22-11-17-34(29(36)37)19-18-32(6)23(28(22)34)9-10-25-31(5)15-13-26(39-27(35)14-20-38-8)30(3,4)24(31)12-16-33(25,32)7/h22-26,28H,1,9-20H2,2-8H3,(H,36,37)/t22?,23-,24?,25?,26+,28?,31+,32-,33-,34+/m1/s1. The largest absolute Gasteiger partial charge is 0.481 e. The highest BCUT2D eigenvalue weighted by atomic mass is 16.5. The fourth-order valence-electron chi connectivity index (χ4n) is 12.1. The Morgan fingerprint density at radius 1 is 0.872 bits per heavy atom. The second-order valence-electron chi connectivity index (χ2n) is 15.7. The van der Waals surface area contributed by atoms with E-state index in [1.807, 2.05) is 0 Å². The summed E-state index contributed by atoms with van der Waals surface area (Å²) in [7, 11) is 1.62. The van der Waals surface area contributed by atoms with Gasteiger partial charge in [-0.1, -0.05) is 46.8 Å². The summed E-state index contributed by atoms with van der Waals surface area (Å²) in [5.74, 6) is 1.42. The maximum atomic E-state index is 12.9. The molecule has 5 rings (SSSR count). The molecule has 5 aliphatic rings. The van der Waals surface area contributed by atoms with Gasteiger partial charge < -0.3 is 14.6 Å². The van der Waals surface area contributed by atoms with Crippen molar-refractivity contribution in [2.75, 3.05) is 13.7 Å². The van der Waals surface area contributed by atoms with Crippen LogP contribution in [0.2, 0.25) is 0 Å². The van der Waals surface area contributed by atoms with E-state index in [1.54, 1.807) is 7.11 Å². The monoisotopic (exact) mass is 542 g/mol. The molecule has 0 bridgehead atoms. The number of carbonyl (C=O) groups is 2. The minimum absolute atomic E-state index is 0.0445. The molecule has 5 aliphatic carbocycles. The van der Waals surface area contributed by atoms with Crippen LogP contribution < -0.4 is 0 Å². The molecule has 0 heterocycles. The molecule has 5 nitrogen and oxygen atoms in total. The van der Waals surface area contributed by atoms with Gasteiger partial charge in [-0.25, -0.2) is 0 Å². The lowest BCUT2D eigenvalue weighted by molar-refractivity contribution is -0.250. The first-order chi connectivity index (χ1) is 18.2. The molecule has 4 unspecified atom stereocenters. The fraction of sp³-hybridized carbons (Fsp3) is 0.882. The number of carboxylic acid groups (broad SMARTS) is 1. The van der Waals surface area contributed by atoms with Gasteiger partial charge in [0.15, 0.2) is 0 Å². The summed E-state index contributed by atoms with van der Waals surface area (Å²) in [4.78, 5) is 25.4. The molecule has 220 valence electrons. The first-order valence-corrected chi connectivity index (χ1v) is 15.8. The lowest BCUT2D eigenvalue weighted by atomic mass is 9.32. The number of esters is 1. The molecule has 39 heavy (non-hydrogen) atoms. The Hall–Kier alpha value is -1.36. The number of hydrogen-bond acceptors (Lipinski definition) is 4. The Bertz CT molecular complexity index is 1020. The Labute approximate surface area is 236 Å². The number of ether oxygens (including phenoxy) is 2. The van der Waals surface area contributed by atoms with Gasteiger partial charge in [0, 0.05) is 12.5 Å². The van der Waals surface area contributed by atoms with E-state index in [1.165, 1.54) is 18.4 Å². The Balaban J connectivity index is 1.45. The van der Waals surface area contributed by atoms with Crippen LogP contribution in [0, 0.1) is 56.7 Å². The van der Waals surface area contributed by atoms with E-state index in [-0.39, 0.29) is 39.7 Å². The van der Waals surface area contributed by atoms with Crippen LogP contribution in [0.15, 0.2) is 12.2 Å². The first kappa shape index (κ1) is 29.1. The van der Waals surface area contributed by atoms with Crippen molar-refractivity contribution in [2.45, 2.75) is 118 Å². The molecule has 0 aliphatic heterocycles. The van der Waals surface area contributed by atoms with E-state index in [4.69, 9.17) is 9.47 Å². The number of aliphatic carboxylic acids is 1. The van der Waals surface area contributed by atoms with Crippen LogP contribution in [-0.2, 0) is 19.1 Å². The third-order valence-corrected chi connectivity index (χ3v) is 14.2. The van der Waals surface area contributed by atoms with E-state index in [0.717, 1.165) is 51.4 Å². The fourth-order valence-corrected chi connectivity index (χ4v) is 12.1. The molecule has 5 fully saturated rings. The molecular formula is C34H54O5. The Morgan fingerprint density at radius 2 is 1.59 bits per heavy atom. The van der Waals surface area contributed by atoms with Crippen LogP contribution in [0.4, 0.5) is 0 Å². The zero-order chi connectivity index (χ0) is 28.6. The van der Waals surface area contributed by atoms with Crippen molar-refractivity contribution in [1.29, 1.82) is 0 Å². The zero-order valence-electron chi connectivity index (χ0n) is 25.7. The minimum Gasteiger partial charge on any atom is -0.481 e. The number of allylic oxidation sites excluding steroid dienone is 1. The second-order valence-corrected chi connectivity index (χ2v) is 15.7. The van der Waals surface area contributed by atoms with Crippen molar-refractivity contribution in [2.24, 2.45) is 56.7 Å². The summed E-state index contributed by atoms with van der Waals surface area (Å²) in [6.07, 6.45) is 10.6. The van der Waals surface area contributed by atoms with E-state index in [2.05, 4.69) is 48.1 Å². The van der Waals surface area contributed by atoms with Crippen molar-refractivity contribution >= 4 is 11.9 Å². The van der Waals surface area contributed by atoms with Crippen molar-refractivity contribution in [3.8, 4) is 0 Å². The zero-order valence-corrected chi connectivity index (χ0v) is 25.7. The van der Waals surface area contributed by atoms with Gasteiger partial charge in [0.1, 0.15) is 6.10 Å². The number of hydrogen-bond donors (Lipinski definition) is 1. The summed E-state index contributed by atoms with van der Waals surface area (Å²) in [6, 6.07) is 0. The minimum atomic E-state index is -0.565. The van der Waals surface area contributed by atoms with E-state index < -0.39 is 11.4 Å². The van der Waals surface area contributed by atoms with Gasteiger partial charge in [-0.05, 0) is 117 Å². The summed E-state index contributed by atoms with van der Waals surface area (Å²) in [5, 5.41) is 10.6. The maximum absolute atomic E-state index is 12.9.